The molecule has 0 aliphatic rings. The van der Waals surface area contributed by atoms with Crippen LogP contribution in [0.15, 0.2) is 12.1 Å². The van der Waals surface area contributed by atoms with Crippen molar-refractivity contribution in [2.45, 2.75) is 6.92 Å². The minimum absolute atomic E-state index is 0.0785. The highest BCUT2D eigenvalue weighted by molar-refractivity contribution is 7.89. The number of rotatable bonds is 6. The number of aryl methyl sites for hydroxylation is 1. The lowest BCUT2D eigenvalue weighted by molar-refractivity contribution is 0.0695. The molecule has 1 aromatic heterocycles. The molecule has 0 saturated carbocycles. The van der Waals surface area contributed by atoms with Gasteiger partial charge in [0, 0.05) is 6.54 Å². The van der Waals surface area contributed by atoms with Gasteiger partial charge in [-0.15, -0.1) is 0 Å². The predicted molar refractivity (Wildman–Crippen MR) is 67.3 cm³/mol. The standard InChI is InChI=1S/C10H15N3O4S/c1-7-8(10(14)15)3-4-9(13-7)12-5-6-18(16,17)11-2/h3-4,11H,5-6H2,1-2H3,(H,12,13)(H,14,15). The Bertz CT molecular complexity index is 542. The zero-order valence-electron chi connectivity index (χ0n) is 10.1. The molecule has 7 nitrogen and oxygen atoms in total. The fraction of sp³-hybridized carbons (Fsp3) is 0.400. The summed E-state index contributed by atoms with van der Waals surface area (Å²) in [6.45, 7) is 1.78. The van der Waals surface area contributed by atoms with Crippen molar-refractivity contribution >= 4 is 21.8 Å². The molecule has 1 heterocycles. The maximum Gasteiger partial charge on any atom is 0.337 e. The largest absolute Gasteiger partial charge is 0.478 e. The van der Waals surface area contributed by atoms with Crippen LogP contribution in [0, 0.1) is 6.92 Å². The van der Waals surface area contributed by atoms with E-state index in [2.05, 4.69) is 15.0 Å². The Morgan fingerprint density at radius 1 is 1.44 bits per heavy atom. The summed E-state index contributed by atoms with van der Waals surface area (Å²) in [6, 6.07) is 2.93. The number of anilines is 1. The number of carbonyl (C=O) groups is 1. The van der Waals surface area contributed by atoms with Gasteiger partial charge < -0.3 is 10.4 Å². The summed E-state index contributed by atoms with van der Waals surface area (Å²) >= 11 is 0. The van der Waals surface area contributed by atoms with Gasteiger partial charge in [-0.05, 0) is 26.1 Å². The molecule has 1 rings (SSSR count). The van der Waals surface area contributed by atoms with E-state index in [1.165, 1.54) is 19.2 Å². The second-order valence-electron chi connectivity index (χ2n) is 3.58. The molecule has 0 atom stereocenters. The average molecular weight is 273 g/mol. The SMILES string of the molecule is CNS(=O)(=O)CCNc1ccc(C(=O)O)c(C)n1. The first-order valence-electron chi connectivity index (χ1n) is 5.22. The van der Waals surface area contributed by atoms with Crippen LogP contribution in [-0.4, -0.2) is 43.8 Å². The first kappa shape index (κ1) is 14.4. The number of sulfonamides is 1. The summed E-state index contributed by atoms with van der Waals surface area (Å²) in [4.78, 5) is 14.8. The molecule has 0 spiro atoms. The number of hydrogen-bond donors (Lipinski definition) is 3. The Morgan fingerprint density at radius 3 is 2.61 bits per heavy atom. The van der Waals surface area contributed by atoms with Gasteiger partial charge in [0.15, 0.2) is 0 Å². The van der Waals surface area contributed by atoms with Crippen molar-refractivity contribution in [2.24, 2.45) is 0 Å². The van der Waals surface area contributed by atoms with Crippen molar-refractivity contribution in [3.63, 3.8) is 0 Å². The van der Waals surface area contributed by atoms with E-state index in [0.717, 1.165) is 0 Å². The molecule has 100 valence electrons. The van der Waals surface area contributed by atoms with Crippen molar-refractivity contribution in [3.8, 4) is 0 Å². The monoisotopic (exact) mass is 273 g/mol. The van der Waals surface area contributed by atoms with E-state index in [1.807, 2.05) is 0 Å². The van der Waals surface area contributed by atoms with Crippen LogP contribution in [0.4, 0.5) is 5.82 Å². The molecular formula is C10H15N3O4S. The Kier molecular flexibility index (Phi) is 4.62. The molecular weight excluding hydrogens is 258 g/mol. The zero-order chi connectivity index (χ0) is 13.8. The molecule has 0 aliphatic heterocycles. The third-order valence-corrected chi connectivity index (χ3v) is 3.67. The van der Waals surface area contributed by atoms with Crippen molar-refractivity contribution in [2.75, 3.05) is 24.7 Å². The number of hydrogen-bond acceptors (Lipinski definition) is 5. The molecule has 0 saturated heterocycles. The third kappa shape index (κ3) is 3.97. The fourth-order valence-corrected chi connectivity index (χ4v) is 1.88. The van der Waals surface area contributed by atoms with Crippen molar-refractivity contribution in [1.82, 2.24) is 9.71 Å². The van der Waals surface area contributed by atoms with Crippen LogP contribution >= 0.6 is 0 Å². The van der Waals surface area contributed by atoms with Crippen LogP contribution in [0.2, 0.25) is 0 Å². The molecule has 0 radical (unpaired) electrons. The molecule has 0 aliphatic carbocycles. The second-order valence-corrected chi connectivity index (χ2v) is 5.63. The van der Waals surface area contributed by atoms with Crippen LogP contribution in [-0.2, 0) is 10.0 Å². The highest BCUT2D eigenvalue weighted by atomic mass is 32.2. The summed E-state index contributed by atoms with van der Waals surface area (Å²) in [7, 11) is -1.91. The molecule has 18 heavy (non-hydrogen) atoms. The van der Waals surface area contributed by atoms with Crippen LogP contribution < -0.4 is 10.0 Å². The Morgan fingerprint density at radius 2 is 2.11 bits per heavy atom. The van der Waals surface area contributed by atoms with E-state index in [-0.39, 0.29) is 17.9 Å². The van der Waals surface area contributed by atoms with Crippen LogP contribution in [0.5, 0.6) is 0 Å². The molecule has 0 fully saturated rings. The molecule has 8 heteroatoms. The highest BCUT2D eigenvalue weighted by Crippen LogP contribution is 2.10. The Hall–Kier alpha value is -1.67. The Balaban J connectivity index is 2.65. The number of pyridine rings is 1. The van der Waals surface area contributed by atoms with Crippen molar-refractivity contribution in [3.05, 3.63) is 23.4 Å². The van der Waals surface area contributed by atoms with Gasteiger partial charge >= 0.3 is 5.97 Å². The first-order chi connectivity index (χ1) is 8.35. The maximum absolute atomic E-state index is 11.2. The van der Waals surface area contributed by atoms with E-state index in [1.54, 1.807) is 6.92 Å². The summed E-state index contributed by atoms with van der Waals surface area (Å²) < 4.78 is 24.5. The number of carboxylic acids is 1. The topological polar surface area (TPSA) is 108 Å². The smallest absolute Gasteiger partial charge is 0.337 e. The average Bonchev–Trinajstić information content (AvgIpc) is 2.28. The van der Waals surface area contributed by atoms with Gasteiger partial charge in [-0.3, -0.25) is 0 Å². The number of carboxylic acid groups (broad SMARTS) is 1. The van der Waals surface area contributed by atoms with Gasteiger partial charge in [-0.25, -0.2) is 22.9 Å². The number of aromatic nitrogens is 1. The van der Waals surface area contributed by atoms with Crippen molar-refractivity contribution in [1.29, 1.82) is 0 Å². The van der Waals surface area contributed by atoms with Crippen LogP contribution in [0.1, 0.15) is 16.1 Å². The predicted octanol–water partition coefficient (Wildman–Crippen LogP) is 0.0493. The summed E-state index contributed by atoms with van der Waals surface area (Å²) in [6.07, 6.45) is 0. The maximum atomic E-state index is 11.2. The summed E-state index contributed by atoms with van der Waals surface area (Å²) in [5.74, 6) is -0.668. The molecule has 0 amide bonds. The highest BCUT2D eigenvalue weighted by Gasteiger charge is 2.09. The lowest BCUT2D eigenvalue weighted by atomic mass is 10.2. The minimum Gasteiger partial charge on any atom is -0.478 e. The number of nitrogens with one attached hydrogen (secondary N) is 2. The molecule has 0 aromatic carbocycles. The van der Waals surface area contributed by atoms with E-state index >= 15 is 0 Å². The number of nitrogens with zero attached hydrogens (tertiary/aromatic N) is 1. The number of aromatic carboxylic acids is 1. The summed E-state index contributed by atoms with van der Waals surface area (Å²) in [5, 5.41) is 11.6. The van der Waals surface area contributed by atoms with Gasteiger partial charge in [0.2, 0.25) is 10.0 Å². The quantitative estimate of drug-likeness (QED) is 0.676. The molecule has 0 unspecified atom stereocenters. The van der Waals surface area contributed by atoms with Gasteiger partial charge in [0.25, 0.3) is 0 Å². The van der Waals surface area contributed by atoms with Crippen LogP contribution in [0.25, 0.3) is 0 Å². The molecule has 0 bridgehead atoms. The van der Waals surface area contributed by atoms with Gasteiger partial charge in [-0.2, -0.15) is 0 Å². The first-order valence-corrected chi connectivity index (χ1v) is 6.87. The molecule has 3 N–H and O–H groups in total. The minimum atomic E-state index is -3.26. The van der Waals surface area contributed by atoms with Crippen LogP contribution in [0.3, 0.4) is 0 Å². The lowest BCUT2D eigenvalue weighted by Crippen LogP contribution is -2.26. The van der Waals surface area contributed by atoms with Gasteiger partial charge in [0.05, 0.1) is 17.0 Å². The lowest BCUT2D eigenvalue weighted by Gasteiger charge is -2.07. The van der Waals surface area contributed by atoms with Gasteiger partial charge in [-0.1, -0.05) is 0 Å². The van der Waals surface area contributed by atoms with E-state index < -0.39 is 16.0 Å². The van der Waals surface area contributed by atoms with E-state index in [0.29, 0.717) is 11.5 Å². The second kappa shape index (κ2) is 5.78. The van der Waals surface area contributed by atoms with E-state index in [9.17, 15) is 13.2 Å². The Labute approximate surface area is 105 Å². The zero-order valence-corrected chi connectivity index (χ0v) is 10.9. The van der Waals surface area contributed by atoms with Gasteiger partial charge in [0.1, 0.15) is 5.82 Å². The molecule has 1 aromatic rings. The normalized spacial score (nSPS) is 11.2. The summed E-state index contributed by atoms with van der Waals surface area (Å²) in [5.41, 5.74) is 0.507. The van der Waals surface area contributed by atoms with E-state index in [4.69, 9.17) is 5.11 Å². The third-order valence-electron chi connectivity index (χ3n) is 2.30. The fourth-order valence-electron chi connectivity index (χ4n) is 1.30. The van der Waals surface area contributed by atoms with Crippen molar-refractivity contribution < 1.29 is 18.3 Å².